The quantitative estimate of drug-likeness (QED) is 0.842. The van der Waals surface area contributed by atoms with Gasteiger partial charge in [0.25, 0.3) is 5.91 Å². The number of carbonyl (C=O) groups excluding carboxylic acids is 1. The highest BCUT2D eigenvalue weighted by atomic mass is 16.4. The lowest BCUT2D eigenvalue weighted by Crippen LogP contribution is -2.40. The number of aryl methyl sites for hydroxylation is 2. The van der Waals surface area contributed by atoms with Crippen LogP contribution in [0.15, 0.2) is 10.5 Å². The summed E-state index contributed by atoms with van der Waals surface area (Å²) in [5.74, 6) is 0.0524. The molecule has 0 aromatic carbocycles. The highest BCUT2D eigenvalue weighted by molar-refractivity contribution is 5.95. The minimum atomic E-state index is -0.922. The normalized spacial score (nSPS) is 12.5. The second kappa shape index (κ2) is 5.71. The van der Waals surface area contributed by atoms with Crippen LogP contribution in [0.5, 0.6) is 0 Å². The van der Waals surface area contributed by atoms with E-state index in [-0.39, 0.29) is 24.3 Å². The van der Waals surface area contributed by atoms with Crippen LogP contribution < -0.4 is 5.32 Å². The van der Waals surface area contributed by atoms with E-state index in [1.54, 1.807) is 19.9 Å². The number of furan rings is 1. The summed E-state index contributed by atoms with van der Waals surface area (Å²) in [5.41, 5.74) is 0.462. The third-order valence-electron chi connectivity index (χ3n) is 2.80. The van der Waals surface area contributed by atoms with Crippen molar-refractivity contribution in [3.8, 4) is 0 Å². The van der Waals surface area contributed by atoms with Gasteiger partial charge in [-0.25, -0.2) is 0 Å². The molecule has 0 saturated carbocycles. The third kappa shape index (κ3) is 3.61. The molecule has 5 nitrogen and oxygen atoms in total. The Morgan fingerprint density at radius 2 is 2.00 bits per heavy atom. The zero-order valence-corrected chi connectivity index (χ0v) is 11.1. The summed E-state index contributed by atoms with van der Waals surface area (Å²) in [5, 5.41) is 11.5. The van der Waals surface area contributed by atoms with Gasteiger partial charge in [0.15, 0.2) is 0 Å². The summed E-state index contributed by atoms with van der Waals surface area (Å²) in [6, 6.07) is 1.27. The van der Waals surface area contributed by atoms with E-state index in [2.05, 4.69) is 5.32 Å². The first-order chi connectivity index (χ1) is 8.31. The molecule has 2 N–H and O–H groups in total. The Labute approximate surface area is 106 Å². The van der Waals surface area contributed by atoms with Gasteiger partial charge in [-0.2, -0.15) is 0 Å². The molecule has 0 fully saturated rings. The third-order valence-corrected chi connectivity index (χ3v) is 2.80. The van der Waals surface area contributed by atoms with E-state index in [1.807, 2.05) is 13.8 Å². The van der Waals surface area contributed by atoms with Crippen molar-refractivity contribution in [2.24, 2.45) is 5.92 Å². The average Bonchev–Trinajstić information content (AvgIpc) is 2.56. The van der Waals surface area contributed by atoms with Gasteiger partial charge in [-0.3, -0.25) is 9.59 Å². The molecule has 0 saturated heterocycles. The number of aliphatic carboxylic acids is 1. The van der Waals surface area contributed by atoms with Crippen LogP contribution in [0.3, 0.4) is 0 Å². The largest absolute Gasteiger partial charge is 0.481 e. The molecule has 0 bridgehead atoms. The monoisotopic (exact) mass is 253 g/mol. The van der Waals surface area contributed by atoms with Crippen molar-refractivity contribution >= 4 is 11.9 Å². The van der Waals surface area contributed by atoms with Crippen LogP contribution in [0.2, 0.25) is 0 Å². The van der Waals surface area contributed by atoms with E-state index >= 15 is 0 Å². The van der Waals surface area contributed by atoms with Crippen LogP contribution in [0.25, 0.3) is 0 Å². The Hall–Kier alpha value is -1.78. The number of carboxylic acids is 1. The molecule has 0 aliphatic rings. The lowest BCUT2D eigenvalue weighted by molar-refractivity contribution is -0.137. The number of carboxylic acid groups (broad SMARTS) is 1. The van der Waals surface area contributed by atoms with Gasteiger partial charge in [-0.15, -0.1) is 0 Å². The molecule has 1 atom stereocenters. The fourth-order valence-electron chi connectivity index (χ4n) is 1.74. The SMILES string of the molecule is Cc1cc(C(=O)NC(CC(=O)O)C(C)C)c(C)o1. The van der Waals surface area contributed by atoms with Crippen molar-refractivity contribution in [3.05, 3.63) is 23.2 Å². The second-order valence-corrected chi connectivity index (χ2v) is 4.75. The molecular formula is C13H19NO4. The van der Waals surface area contributed by atoms with Crippen LogP contribution in [0.4, 0.5) is 0 Å². The van der Waals surface area contributed by atoms with E-state index in [0.29, 0.717) is 17.1 Å². The first-order valence-electron chi connectivity index (χ1n) is 5.91. The van der Waals surface area contributed by atoms with Crippen molar-refractivity contribution in [2.45, 2.75) is 40.2 Å². The maximum Gasteiger partial charge on any atom is 0.305 e. The number of hydrogen-bond donors (Lipinski definition) is 2. The van der Waals surface area contributed by atoms with Crippen LogP contribution in [-0.2, 0) is 4.79 Å². The summed E-state index contributed by atoms with van der Waals surface area (Å²) in [6.07, 6.45) is -0.0840. The molecule has 18 heavy (non-hydrogen) atoms. The van der Waals surface area contributed by atoms with Crippen LogP contribution in [-0.4, -0.2) is 23.0 Å². The first kappa shape index (κ1) is 14.3. The van der Waals surface area contributed by atoms with Crippen molar-refractivity contribution in [1.82, 2.24) is 5.32 Å². The molecule has 1 amide bonds. The van der Waals surface area contributed by atoms with Crippen LogP contribution >= 0.6 is 0 Å². The summed E-state index contributed by atoms with van der Waals surface area (Å²) >= 11 is 0. The fraction of sp³-hybridized carbons (Fsp3) is 0.538. The zero-order chi connectivity index (χ0) is 13.9. The van der Waals surface area contributed by atoms with Gasteiger partial charge in [-0.05, 0) is 25.8 Å². The zero-order valence-electron chi connectivity index (χ0n) is 11.1. The molecule has 5 heteroatoms. The van der Waals surface area contributed by atoms with Crippen LogP contribution in [0, 0.1) is 19.8 Å². The minimum absolute atomic E-state index is 0.0540. The topological polar surface area (TPSA) is 79.5 Å². The standard InChI is InChI=1S/C13H19NO4/c1-7(2)11(6-12(15)16)14-13(17)10-5-8(3)18-9(10)4/h5,7,11H,6H2,1-4H3,(H,14,17)(H,15,16). The molecule has 1 unspecified atom stereocenters. The number of nitrogens with one attached hydrogen (secondary N) is 1. The summed E-state index contributed by atoms with van der Waals surface area (Å²) in [4.78, 5) is 22.7. The predicted molar refractivity (Wildman–Crippen MR) is 66.5 cm³/mol. The Kier molecular flexibility index (Phi) is 4.53. The van der Waals surface area contributed by atoms with Crippen molar-refractivity contribution in [3.63, 3.8) is 0 Å². The van der Waals surface area contributed by atoms with Crippen LogP contribution in [0.1, 0.15) is 42.1 Å². The molecular weight excluding hydrogens is 234 g/mol. The number of hydrogen-bond acceptors (Lipinski definition) is 3. The Bertz CT molecular complexity index is 448. The van der Waals surface area contributed by atoms with Gasteiger partial charge in [0.2, 0.25) is 0 Å². The van der Waals surface area contributed by atoms with Gasteiger partial charge in [-0.1, -0.05) is 13.8 Å². The number of rotatable bonds is 5. The van der Waals surface area contributed by atoms with E-state index in [1.165, 1.54) is 0 Å². The molecule has 0 spiro atoms. The summed E-state index contributed by atoms with van der Waals surface area (Å²) in [7, 11) is 0. The number of carbonyl (C=O) groups is 2. The van der Waals surface area contributed by atoms with Gasteiger partial charge in [0, 0.05) is 6.04 Å². The summed E-state index contributed by atoms with van der Waals surface area (Å²) in [6.45, 7) is 7.23. The highest BCUT2D eigenvalue weighted by Gasteiger charge is 2.22. The molecule has 1 rings (SSSR count). The lowest BCUT2D eigenvalue weighted by atomic mass is 10.0. The van der Waals surface area contributed by atoms with Gasteiger partial charge in [0.05, 0.1) is 12.0 Å². The molecule has 0 aliphatic carbocycles. The maximum absolute atomic E-state index is 12.0. The van der Waals surface area contributed by atoms with Crippen molar-refractivity contribution in [1.29, 1.82) is 0 Å². The average molecular weight is 253 g/mol. The predicted octanol–water partition coefficient (Wildman–Crippen LogP) is 2.13. The van der Waals surface area contributed by atoms with Crippen molar-refractivity contribution in [2.75, 3.05) is 0 Å². The van der Waals surface area contributed by atoms with E-state index in [4.69, 9.17) is 9.52 Å². The molecule has 100 valence electrons. The molecule has 1 aromatic rings. The molecule has 1 heterocycles. The van der Waals surface area contributed by atoms with E-state index < -0.39 is 5.97 Å². The maximum atomic E-state index is 12.0. The smallest absolute Gasteiger partial charge is 0.305 e. The lowest BCUT2D eigenvalue weighted by Gasteiger charge is -2.20. The first-order valence-corrected chi connectivity index (χ1v) is 5.91. The highest BCUT2D eigenvalue weighted by Crippen LogP contribution is 2.15. The van der Waals surface area contributed by atoms with Gasteiger partial charge >= 0.3 is 5.97 Å². The van der Waals surface area contributed by atoms with Gasteiger partial charge < -0.3 is 14.8 Å². The second-order valence-electron chi connectivity index (χ2n) is 4.75. The number of amides is 1. The van der Waals surface area contributed by atoms with E-state index in [9.17, 15) is 9.59 Å². The molecule has 0 aliphatic heterocycles. The summed E-state index contributed by atoms with van der Waals surface area (Å²) < 4.78 is 5.28. The molecule has 0 radical (unpaired) electrons. The van der Waals surface area contributed by atoms with Gasteiger partial charge in [0.1, 0.15) is 11.5 Å². The van der Waals surface area contributed by atoms with E-state index in [0.717, 1.165) is 0 Å². The van der Waals surface area contributed by atoms with Crippen molar-refractivity contribution < 1.29 is 19.1 Å². The minimum Gasteiger partial charge on any atom is -0.481 e. The fourth-order valence-corrected chi connectivity index (χ4v) is 1.74. The Morgan fingerprint density at radius 3 is 2.39 bits per heavy atom. The molecule has 1 aromatic heterocycles. The Morgan fingerprint density at radius 1 is 1.39 bits per heavy atom. The Balaban J connectivity index is 2.78.